The van der Waals surface area contributed by atoms with Gasteiger partial charge in [-0.05, 0) is 18.2 Å². The van der Waals surface area contributed by atoms with Crippen molar-refractivity contribution in [2.45, 2.75) is 12.6 Å². The van der Waals surface area contributed by atoms with Crippen molar-refractivity contribution in [2.24, 2.45) is 0 Å². The maximum absolute atomic E-state index is 12.7. The lowest BCUT2D eigenvalue weighted by Gasteiger charge is -2.08. The van der Waals surface area contributed by atoms with E-state index in [2.05, 4.69) is 15.2 Å². The summed E-state index contributed by atoms with van der Waals surface area (Å²) in [5, 5.41) is 5.77. The lowest BCUT2D eigenvalue weighted by molar-refractivity contribution is -0.137. The fourth-order valence-corrected chi connectivity index (χ4v) is 2.06. The van der Waals surface area contributed by atoms with Crippen molar-refractivity contribution in [3.05, 3.63) is 59.9 Å². The monoisotopic (exact) mass is 365 g/mol. The zero-order chi connectivity index (χ0) is 18.7. The number of ketones is 2. The molecule has 0 aliphatic carbocycles. The Bertz CT molecular complexity index is 932. The number of hydrogen-bond acceptors (Lipinski definition) is 6. The number of aromatic amines is 1. The number of nitrogens with zero attached hydrogens (tertiary/aromatic N) is 2. The summed E-state index contributed by atoms with van der Waals surface area (Å²) in [6.07, 6.45) is -2.51. The average molecular weight is 365 g/mol. The van der Waals surface area contributed by atoms with Crippen LogP contribution in [0.4, 0.5) is 13.2 Å². The van der Waals surface area contributed by atoms with Crippen LogP contribution in [0.2, 0.25) is 0 Å². The molecule has 0 fully saturated rings. The van der Waals surface area contributed by atoms with Gasteiger partial charge in [0.2, 0.25) is 5.78 Å². The van der Waals surface area contributed by atoms with Crippen LogP contribution in [0.1, 0.15) is 21.7 Å². The predicted molar refractivity (Wildman–Crippen MR) is 79.7 cm³/mol. The van der Waals surface area contributed by atoms with Gasteiger partial charge in [-0.1, -0.05) is 6.07 Å². The van der Waals surface area contributed by atoms with E-state index in [1.807, 2.05) is 0 Å². The quantitative estimate of drug-likeness (QED) is 0.532. The third-order valence-corrected chi connectivity index (χ3v) is 3.26. The topological polar surface area (TPSA) is 98.1 Å². The highest BCUT2D eigenvalue weighted by Gasteiger charge is 2.30. The molecule has 0 atom stereocenters. The lowest BCUT2D eigenvalue weighted by atomic mass is 10.1. The third kappa shape index (κ3) is 3.97. The Labute approximate surface area is 143 Å². The molecular weight excluding hydrogens is 355 g/mol. The number of alkyl halides is 3. The Kier molecular flexibility index (Phi) is 4.57. The van der Waals surface area contributed by atoms with Gasteiger partial charge in [-0.3, -0.25) is 14.7 Å². The van der Waals surface area contributed by atoms with E-state index >= 15 is 0 Å². The van der Waals surface area contributed by atoms with Gasteiger partial charge in [0.05, 0.1) is 11.8 Å². The van der Waals surface area contributed by atoms with Crippen molar-refractivity contribution < 1.29 is 31.9 Å². The van der Waals surface area contributed by atoms with E-state index in [0.717, 1.165) is 18.5 Å². The van der Waals surface area contributed by atoms with Gasteiger partial charge in [-0.25, -0.2) is 4.98 Å². The maximum Gasteiger partial charge on any atom is 0.416 e. The van der Waals surface area contributed by atoms with E-state index in [9.17, 15) is 22.8 Å². The molecule has 1 N–H and O–H groups in total. The van der Waals surface area contributed by atoms with Crippen LogP contribution in [0.3, 0.4) is 0 Å². The zero-order valence-electron chi connectivity index (χ0n) is 12.9. The van der Waals surface area contributed by atoms with Crippen LogP contribution in [0.25, 0.3) is 0 Å². The summed E-state index contributed by atoms with van der Waals surface area (Å²) in [7, 11) is 0. The van der Waals surface area contributed by atoms with Gasteiger partial charge in [0.15, 0.2) is 5.82 Å². The van der Waals surface area contributed by atoms with Gasteiger partial charge in [0, 0.05) is 18.1 Å². The Morgan fingerprint density at radius 3 is 2.73 bits per heavy atom. The number of aromatic nitrogens is 3. The summed E-state index contributed by atoms with van der Waals surface area (Å²) in [6, 6.07) is 5.57. The average Bonchev–Trinajstić information content (AvgIpc) is 3.26. The number of benzene rings is 1. The maximum atomic E-state index is 12.7. The summed E-state index contributed by atoms with van der Waals surface area (Å²) in [5.41, 5.74) is -0.542. The van der Waals surface area contributed by atoms with Crippen LogP contribution in [0, 0.1) is 0 Å². The van der Waals surface area contributed by atoms with Crippen LogP contribution in [-0.2, 0) is 17.4 Å². The summed E-state index contributed by atoms with van der Waals surface area (Å²) in [6.45, 7) is 0. The number of furan rings is 1. The van der Waals surface area contributed by atoms with Crippen molar-refractivity contribution in [2.75, 3.05) is 0 Å². The molecule has 0 amide bonds. The molecular formula is C16H10F3N3O4. The lowest BCUT2D eigenvalue weighted by Crippen LogP contribution is -2.17. The fraction of sp³-hybridized carbons (Fsp3) is 0.125. The van der Waals surface area contributed by atoms with E-state index in [-0.39, 0.29) is 23.9 Å². The summed E-state index contributed by atoms with van der Waals surface area (Å²) in [5.74, 6) is -1.97. The van der Waals surface area contributed by atoms with E-state index in [1.54, 1.807) is 0 Å². The van der Waals surface area contributed by atoms with Crippen molar-refractivity contribution in [3.63, 3.8) is 0 Å². The second kappa shape index (κ2) is 6.82. The first kappa shape index (κ1) is 17.4. The number of halogens is 3. The van der Waals surface area contributed by atoms with E-state index in [0.29, 0.717) is 5.56 Å². The van der Waals surface area contributed by atoms with Gasteiger partial charge >= 0.3 is 6.18 Å². The van der Waals surface area contributed by atoms with Crippen molar-refractivity contribution in [1.29, 1.82) is 0 Å². The highest BCUT2D eigenvalue weighted by atomic mass is 19.4. The molecule has 0 saturated carbocycles. The van der Waals surface area contributed by atoms with Gasteiger partial charge in [-0.15, -0.1) is 0 Å². The summed E-state index contributed by atoms with van der Waals surface area (Å²) in [4.78, 5) is 27.3. The largest absolute Gasteiger partial charge is 0.434 e. The number of Topliss-reactive ketones (excluding diaryl/α,β-unsaturated/α-hetero) is 2. The smallest absolute Gasteiger partial charge is 0.416 e. The molecule has 10 heteroatoms. The SMILES string of the molecule is O=C(Cc1coc(Oc2cccc(C(F)(F)F)c2)c1)C(=O)c1ncn[nH]1. The molecule has 0 spiro atoms. The molecule has 3 aromatic rings. The molecule has 2 heterocycles. The minimum Gasteiger partial charge on any atom is -0.434 e. The second-order valence-electron chi connectivity index (χ2n) is 5.16. The minimum absolute atomic E-state index is 0.0789. The Morgan fingerprint density at radius 1 is 1.23 bits per heavy atom. The summed E-state index contributed by atoms with van der Waals surface area (Å²) >= 11 is 0. The molecule has 0 radical (unpaired) electrons. The molecule has 134 valence electrons. The normalized spacial score (nSPS) is 11.3. The van der Waals surface area contributed by atoms with E-state index in [1.165, 1.54) is 24.5 Å². The highest BCUT2D eigenvalue weighted by Crippen LogP contribution is 2.33. The zero-order valence-corrected chi connectivity index (χ0v) is 12.9. The Balaban J connectivity index is 1.67. The number of ether oxygens (including phenoxy) is 1. The molecule has 3 rings (SSSR count). The molecule has 0 bridgehead atoms. The highest BCUT2D eigenvalue weighted by molar-refractivity contribution is 6.43. The third-order valence-electron chi connectivity index (χ3n) is 3.26. The van der Waals surface area contributed by atoms with Crippen molar-refractivity contribution in [3.8, 4) is 11.7 Å². The van der Waals surface area contributed by atoms with Gasteiger partial charge in [-0.2, -0.15) is 18.3 Å². The number of rotatable bonds is 6. The first-order valence-electron chi connectivity index (χ1n) is 7.18. The van der Waals surface area contributed by atoms with Gasteiger partial charge < -0.3 is 9.15 Å². The molecule has 26 heavy (non-hydrogen) atoms. The number of carbonyl (C=O) groups is 2. The number of nitrogens with one attached hydrogen (secondary N) is 1. The molecule has 0 aliphatic rings. The summed E-state index contributed by atoms with van der Waals surface area (Å²) < 4.78 is 48.3. The van der Waals surface area contributed by atoms with Crippen molar-refractivity contribution >= 4 is 11.6 Å². The molecule has 0 saturated heterocycles. The van der Waals surface area contributed by atoms with Crippen molar-refractivity contribution in [1.82, 2.24) is 15.2 Å². The minimum atomic E-state index is -4.50. The van der Waals surface area contributed by atoms with Crippen LogP contribution in [0.5, 0.6) is 11.7 Å². The Morgan fingerprint density at radius 2 is 2.04 bits per heavy atom. The van der Waals surface area contributed by atoms with Crippen LogP contribution >= 0.6 is 0 Å². The Hall–Kier alpha value is -3.43. The first-order valence-corrected chi connectivity index (χ1v) is 7.18. The van der Waals surface area contributed by atoms with Gasteiger partial charge in [0.1, 0.15) is 12.1 Å². The van der Waals surface area contributed by atoms with E-state index < -0.39 is 23.3 Å². The van der Waals surface area contributed by atoms with Gasteiger partial charge in [0.25, 0.3) is 11.7 Å². The number of carbonyl (C=O) groups excluding carboxylic acids is 2. The number of hydrogen-bond donors (Lipinski definition) is 1. The predicted octanol–water partition coefficient (Wildman–Crippen LogP) is 3.20. The standard InChI is InChI=1S/C16H10F3N3O4/c17-16(18,19)10-2-1-3-11(6-10)26-13-5-9(7-25-13)4-12(23)14(24)15-20-8-21-22-15/h1-3,5-8H,4H2,(H,20,21,22). The molecule has 0 unspecified atom stereocenters. The molecule has 0 aliphatic heterocycles. The fourth-order valence-electron chi connectivity index (χ4n) is 2.06. The van der Waals surface area contributed by atoms with Crippen LogP contribution < -0.4 is 4.74 Å². The number of H-pyrrole nitrogens is 1. The molecule has 1 aromatic carbocycles. The molecule has 7 nitrogen and oxygen atoms in total. The van der Waals surface area contributed by atoms with Crippen LogP contribution in [0.15, 0.2) is 47.3 Å². The van der Waals surface area contributed by atoms with E-state index in [4.69, 9.17) is 9.15 Å². The first-order chi connectivity index (χ1) is 12.3. The van der Waals surface area contributed by atoms with Crippen LogP contribution in [-0.4, -0.2) is 26.7 Å². The second-order valence-corrected chi connectivity index (χ2v) is 5.16. The molecule has 2 aromatic heterocycles.